The van der Waals surface area contributed by atoms with Crippen LogP contribution in [0.15, 0.2) is 36.8 Å². The number of hydrogen-bond acceptors (Lipinski definition) is 7. The Labute approximate surface area is 135 Å². The van der Waals surface area contributed by atoms with Crippen molar-refractivity contribution in [2.75, 3.05) is 12.8 Å². The third-order valence-electron chi connectivity index (χ3n) is 3.30. The van der Waals surface area contributed by atoms with Crippen molar-refractivity contribution in [3.05, 3.63) is 42.4 Å². The molecule has 3 rings (SSSR count). The summed E-state index contributed by atoms with van der Waals surface area (Å²) >= 11 is 0. The average Bonchev–Trinajstić information content (AvgIpc) is 2.93. The fourth-order valence-corrected chi connectivity index (χ4v) is 2.25. The number of primary amides is 1. The van der Waals surface area contributed by atoms with Gasteiger partial charge in [-0.05, 0) is 12.1 Å². The van der Waals surface area contributed by atoms with E-state index in [0.717, 1.165) is 0 Å². The number of fused-ring (bicyclic) bond motifs is 1. The molecule has 2 aromatic heterocycles. The molecule has 9 heteroatoms. The van der Waals surface area contributed by atoms with Gasteiger partial charge in [0.05, 0.1) is 18.2 Å². The normalized spacial score (nSPS) is 10.5. The molecule has 0 unspecified atom stereocenters. The number of hydrogen-bond donors (Lipinski definition) is 2. The van der Waals surface area contributed by atoms with Gasteiger partial charge in [-0.25, -0.2) is 14.8 Å². The summed E-state index contributed by atoms with van der Waals surface area (Å²) < 4.78 is 11.5. The number of nitrogens with zero attached hydrogens (tertiary/aromatic N) is 3. The maximum absolute atomic E-state index is 11.9. The van der Waals surface area contributed by atoms with Gasteiger partial charge in [0, 0.05) is 23.7 Å². The minimum absolute atomic E-state index is 0.202. The zero-order chi connectivity index (χ0) is 17.3. The second-order valence-electron chi connectivity index (χ2n) is 4.81. The fourth-order valence-electron chi connectivity index (χ4n) is 2.25. The maximum Gasteiger partial charge on any atom is 0.418 e. The molecular weight excluding hydrogens is 314 g/mol. The van der Waals surface area contributed by atoms with Gasteiger partial charge in [-0.1, -0.05) is 0 Å². The Morgan fingerprint density at radius 2 is 2.00 bits per heavy atom. The molecule has 0 bridgehead atoms. The van der Waals surface area contributed by atoms with Gasteiger partial charge in [-0.2, -0.15) is 0 Å². The summed E-state index contributed by atoms with van der Waals surface area (Å²) in [5, 5.41) is 0.502. The number of carbonyl (C=O) groups excluding carboxylic acids is 2. The lowest BCUT2D eigenvalue weighted by atomic mass is 10.1. The van der Waals surface area contributed by atoms with Crippen LogP contribution in [0.3, 0.4) is 0 Å². The Balaban J connectivity index is 2.09. The number of carbonyl (C=O) groups is 2. The molecule has 2 heterocycles. The van der Waals surface area contributed by atoms with E-state index in [1.165, 1.54) is 30.3 Å². The van der Waals surface area contributed by atoms with E-state index in [4.69, 9.17) is 20.9 Å². The second-order valence-corrected chi connectivity index (χ2v) is 4.81. The monoisotopic (exact) mass is 327 g/mol. The second kappa shape index (κ2) is 5.88. The molecule has 9 nitrogen and oxygen atoms in total. The summed E-state index contributed by atoms with van der Waals surface area (Å²) in [5.41, 5.74) is 11.5. The van der Waals surface area contributed by atoms with Gasteiger partial charge in [0.2, 0.25) is 5.88 Å². The lowest BCUT2D eigenvalue weighted by Crippen LogP contribution is -2.12. The molecule has 0 fully saturated rings. The largest absolute Gasteiger partial charge is 0.452 e. The molecule has 0 saturated heterocycles. The highest BCUT2D eigenvalue weighted by molar-refractivity contribution is 6.08. The average molecular weight is 327 g/mol. The summed E-state index contributed by atoms with van der Waals surface area (Å²) in [5.74, 6) is 0.239. The van der Waals surface area contributed by atoms with Gasteiger partial charge in [0.15, 0.2) is 0 Å². The molecule has 1 amide bonds. The summed E-state index contributed by atoms with van der Waals surface area (Å²) in [4.78, 5) is 31.1. The first kappa shape index (κ1) is 15.3. The van der Waals surface area contributed by atoms with Crippen LogP contribution in [-0.4, -0.2) is 33.6 Å². The van der Waals surface area contributed by atoms with E-state index in [-0.39, 0.29) is 17.3 Å². The van der Waals surface area contributed by atoms with Crippen LogP contribution in [0.4, 0.5) is 10.6 Å². The third-order valence-corrected chi connectivity index (χ3v) is 3.30. The van der Waals surface area contributed by atoms with Crippen LogP contribution in [0, 0.1) is 0 Å². The van der Waals surface area contributed by atoms with E-state index in [1.807, 2.05) is 0 Å². The predicted molar refractivity (Wildman–Crippen MR) is 84.8 cm³/mol. The number of ether oxygens (including phenoxy) is 2. The molecule has 4 N–H and O–H groups in total. The van der Waals surface area contributed by atoms with E-state index in [9.17, 15) is 9.59 Å². The molecule has 122 valence electrons. The Bertz CT molecular complexity index is 950. The first-order valence-electron chi connectivity index (χ1n) is 6.78. The van der Waals surface area contributed by atoms with Gasteiger partial charge in [0.25, 0.3) is 5.91 Å². The summed E-state index contributed by atoms with van der Waals surface area (Å²) in [6, 6.07) is 6.26. The number of amides is 1. The highest BCUT2D eigenvalue weighted by Gasteiger charge is 2.18. The number of benzene rings is 1. The van der Waals surface area contributed by atoms with E-state index >= 15 is 0 Å². The smallest absolute Gasteiger partial charge is 0.418 e. The highest BCUT2D eigenvalue weighted by Crippen LogP contribution is 2.28. The minimum atomic E-state index is -0.657. The zero-order valence-corrected chi connectivity index (χ0v) is 12.6. The van der Waals surface area contributed by atoms with Crippen LogP contribution in [0.1, 0.15) is 10.4 Å². The summed E-state index contributed by atoms with van der Waals surface area (Å²) in [6.07, 6.45) is 1.94. The van der Waals surface area contributed by atoms with Crippen molar-refractivity contribution in [1.82, 2.24) is 14.5 Å². The summed E-state index contributed by atoms with van der Waals surface area (Å²) in [7, 11) is 1.24. The van der Waals surface area contributed by atoms with E-state index in [0.29, 0.717) is 16.7 Å². The van der Waals surface area contributed by atoms with Crippen LogP contribution < -0.4 is 16.2 Å². The van der Waals surface area contributed by atoms with Gasteiger partial charge < -0.3 is 20.9 Å². The van der Waals surface area contributed by atoms with Gasteiger partial charge in [-0.15, -0.1) is 0 Å². The fraction of sp³-hybridized carbons (Fsp3) is 0.0667. The number of anilines is 1. The molecular formula is C15H13N5O4. The van der Waals surface area contributed by atoms with Gasteiger partial charge in [0.1, 0.15) is 17.9 Å². The maximum atomic E-state index is 11.9. The number of methoxy groups -OCH3 is 1. The van der Waals surface area contributed by atoms with Crippen molar-refractivity contribution in [2.24, 2.45) is 5.73 Å². The van der Waals surface area contributed by atoms with Crippen LogP contribution in [0.5, 0.6) is 11.6 Å². The van der Waals surface area contributed by atoms with Crippen molar-refractivity contribution in [3.63, 3.8) is 0 Å². The van der Waals surface area contributed by atoms with E-state index in [1.54, 1.807) is 18.2 Å². The number of rotatable bonds is 3. The molecule has 1 aromatic carbocycles. The quantitative estimate of drug-likeness (QED) is 0.744. The van der Waals surface area contributed by atoms with Crippen molar-refractivity contribution in [1.29, 1.82) is 0 Å². The van der Waals surface area contributed by atoms with Gasteiger partial charge >= 0.3 is 6.09 Å². The van der Waals surface area contributed by atoms with Crippen LogP contribution in [-0.2, 0) is 4.74 Å². The molecule has 0 radical (unpaired) electrons. The van der Waals surface area contributed by atoms with Crippen molar-refractivity contribution < 1.29 is 19.1 Å². The standard InChI is InChI=1S/C15H13N5O4/c1-23-15(22)20-6-10(14(17)21)9-3-2-8(4-11(9)20)24-13-5-12(16)18-7-19-13/h2-7H,1H3,(H2,17,21)(H2,16,18,19). The minimum Gasteiger partial charge on any atom is -0.452 e. The van der Waals surface area contributed by atoms with Crippen molar-refractivity contribution >= 4 is 28.7 Å². The molecule has 0 aliphatic carbocycles. The highest BCUT2D eigenvalue weighted by atomic mass is 16.5. The lowest BCUT2D eigenvalue weighted by Gasteiger charge is -2.06. The number of nitrogen functional groups attached to an aromatic ring is 1. The van der Waals surface area contributed by atoms with Crippen LogP contribution in [0.2, 0.25) is 0 Å². The predicted octanol–water partition coefficient (Wildman–Crippen LogP) is 1.52. The first-order valence-corrected chi connectivity index (χ1v) is 6.78. The lowest BCUT2D eigenvalue weighted by molar-refractivity contribution is 0.100. The van der Waals surface area contributed by atoms with Gasteiger partial charge in [-0.3, -0.25) is 9.36 Å². The van der Waals surface area contributed by atoms with E-state index in [2.05, 4.69) is 9.97 Å². The molecule has 0 saturated carbocycles. The first-order chi connectivity index (χ1) is 11.5. The zero-order valence-electron chi connectivity index (χ0n) is 12.6. The molecule has 24 heavy (non-hydrogen) atoms. The molecule has 0 atom stereocenters. The SMILES string of the molecule is COC(=O)n1cc(C(N)=O)c2ccc(Oc3cc(N)ncn3)cc21. The molecule has 0 aliphatic rings. The molecule has 3 aromatic rings. The summed E-state index contributed by atoms with van der Waals surface area (Å²) in [6.45, 7) is 0. The Morgan fingerprint density at radius 1 is 1.21 bits per heavy atom. The van der Waals surface area contributed by atoms with E-state index < -0.39 is 12.0 Å². The van der Waals surface area contributed by atoms with Crippen molar-refractivity contribution in [2.45, 2.75) is 0 Å². The Kier molecular flexibility index (Phi) is 3.74. The number of nitrogens with two attached hydrogens (primary N) is 2. The number of aromatic nitrogens is 3. The third kappa shape index (κ3) is 2.70. The Morgan fingerprint density at radius 3 is 2.67 bits per heavy atom. The topological polar surface area (TPSA) is 135 Å². The van der Waals surface area contributed by atoms with Crippen LogP contribution >= 0.6 is 0 Å². The molecule has 0 spiro atoms. The van der Waals surface area contributed by atoms with Crippen LogP contribution in [0.25, 0.3) is 10.9 Å². The van der Waals surface area contributed by atoms with Crippen molar-refractivity contribution in [3.8, 4) is 11.6 Å². The Hall–Kier alpha value is -3.62. The molecule has 0 aliphatic heterocycles.